The molecule has 1 rings (SSSR count). The largest absolute Gasteiger partial charge is 0.489 e. The van der Waals surface area contributed by atoms with Gasteiger partial charge in [-0.15, -0.1) is 0 Å². The van der Waals surface area contributed by atoms with Crippen molar-refractivity contribution in [2.45, 2.75) is 13.0 Å². The first-order valence-electron chi connectivity index (χ1n) is 5.97. The molecule has 0 radical (unpaired) electrons. The van der Waals surface area contributed by atoms with Gasteiger partial charge in [-0.05, 0) is 18.6 Å². The van der Waals surface area contributed by atoms with Crippen LogP contribution in [0.3, 0.4) is 0 Å². The van der Waals surface area contributed by atoms with E-state index in [-0.39, 0.29) is 6.61 Å². The summed E-state index contributed by atoms with van der Waals surface area (Å²) in [6.07, 6.45) is 0.847. The highest BCUT2D eigenvalue weighted by molar-refractivity contribution is 6.35. The Balaban J connectivity index is 2.36. The highest BCUT2D eigenvalue weighted by Gasteiger charge is 2.09. The summed E-state index contributed by atoms with van der Waals surface area (Å²) in [6, 6.07) is 3.21. The lowest BCUT2D eigenvalue weighted by Gasteiger charge is -2.12. The van der Waals surface area contributed by atoms with E-state index in [4.69, 9.17) is 37.4 Å². The summed E-state index contributed by atoms with van der Waals surface area (Å²) in [5.41, 5.74) is 0.567. The molecule has 19 heavy (non-hydrogen) atoms. The fraction of sp³-hybridized carbons (Fsp3) is 0.538. The first-order valence-corrected chi connectivity index (χ1v) is 6.73. The van der Waals surface area contributed by atoms with Gasteiger partial charge in [0.05, 0.1) is 18.2 Å². The molecule has 0 aliphatic heterocycles. The predicted molar refractivity (Wildman–Crippen MR) is 75.2 cm³/mol. The van der Waals surface area contributed by atoms with E-state index in [0.717, 1.165) is 6.42 Å². The lowest BCUT2D eigenvalue weighted by atomic mass is 10.2. The van der Waals surface area contributed by atoms with Crippen molar-refractivity contribution in [3.63, 3.8) is 0 Å². The van der Waals surface area contributed by atoms with Gasteiger partial charge in [-0.2, -0.15) is 0 Å². The van der Waals surface area contributed by atoms with Crippen LogP contribution in [0.25, 0.3) is 0 Å². The second-order valence-electron chi connectivity index (χ2n) is 3.84. The first-order chi connectivity index (χ1) is 9.19. The lowest BCUT2D eigenvalue weighted by molar-refractivity contribution is 0.0801. The molecule has 0 aliphatic carbocycles. The molecule has 0 aromatic heterocycles. The Bertz CT molecular complexity index is 385. The average Bonchev–Trinajstić information content (AvgIpc) is 2.39. The maximum absolute atomic E-state index is 9.22. The maximum Gasteiger partial charge on any atom is 0.143 e. The average molecular weight is 309 g/mol. The molecule has 0 atom stereocenters. The van der Waals surface area contributed by atoms with Crippen LogP contribution in [0.2, 0.25) is 10.0 Å². The third-order valence-corrected chi connectivity index (χ3v) is 2.87. The third kappa shape index (κ3) is 5.97. The van der Waals surface area contributed by atoms with Crippen LogP contribution in [0, 0.1) is 0 Å². The van der Waals surface area contributed by atoms with E-state index in [1.165, 1.54) is 0 Å². The summed E-state index contributed by atoms with van der Waals surface area (Å²) in [6.45, 7) is 1.94. The highest BCUT2D eigenvalue weighted by Crippen LogP contribution is 2.32. The van der Waals surface area contributed by atoms with Gasteiger partial charge < -0.3 is 19.3 Å². The summed E-state index contributed by atoms with van der Waals surface area (Å²) in [4.78, 5) is 0. The zero-order chi connectivity index (χ0) is 14.1. The molecule has 0 saturated heterocycles. The molecule has 0 fully saturated rings. The number of halogens is 2. The van der Waals surface area contributed by atoms with Crippen LogP contribution in [0.4, 0.5) is 0 Å². The standard InChI is InChI=1S/C13H18Cl2O4/c1-17-3-2-4-18-5-6-19-13-10(9-16)7-11(14)8-12(13)15/h7-8,16H,2-6,9H2,1H3. The Hall–Kier alpha value is -0.520. The highest BCUT2D eigenvalue weighted by atomic mass is 35.5. The van der Waals surface area contributed by atoms with Gasteiger partial charge in [0.15, 0.2) is 0 Å². The van der Waals surface area contributed by atoms with Crippen molar-refractivity contribution >= 4 is 23.2 Å². The molecule has 0 heterocycles. The Morgan fingerprint density at radius 3 is 2.58 bits per heavy atom. The summed E-state index contributed by atoms with van der Waals surface area (Å²) >= 11 is 11.9. The predicted octanol–water partition coefficient (Wildman–Crippen LogP) is 2.92. The van der Waals surface area contributed by atoms with Gasteiger partial charge in [-0.3, -0.25) is 0 Å². The molecule has 0 amide bonds. The molecule has 4 nitrogen and oxygen atoms in total. The van der Waals surface area contributed by atoms with Crippen LogP contribution >= 0.6 is 23.2 Å². The Morgan fingerprint density at radius 2 is 1.89 bits per heavy atom. The van der Waals surface area contributed by atoms with Gasteiger partial charge in [0.2, 0.25) is 0 Å². The van der Waals surface area contributed by atoms with E-state index in [2.05, 4.69) is 0 Å². The van der Waals surface area contributed by atoms with E-state index < -0.39 is 0 Å². The summed E-state index contributed by atoms with van der Waals surface area (Å²) < 4.78 is 15.8. The Kier molecular flexibility index (Phi) is 8.18. The number of methoxy groups -OCH3 is 1. The third-order valence-electron chi connectivity index (χ3n) is 2.37. The van der Waals surface area contributed by atoms with Crippen molar-refractivity contribution in [2.75, 3.05) is 33.5 Å². The van der Waals surface area contributed by atoms with Crippen molar-refractivity contribution in [1.82, 2.24) is 0 Å². The summed E-state index contributed by atoms with van der Waals surface area (Å²) in [5, 5.41) is 10.1. The monoisotopic (exact) mass is 308 g/mol. The lowest BCUT2D eigenvalue weighted by Crippen LogP contribution is -2.10. The van der Waals surface area contributed by atoms with Gasteiger partial charge in [0.1, 0.15) is 12.4 Å². The Morgan fingerprint density at radius 1 is 1.11 bits per heavy atom. The molecule has 0 spiro atoms. The van der Waals surface area contributed by atoms with Crippen molar-refractivity contribution < 1.29 is 19.3 Å². The number of benzene rings is 1. The van der Waals surface area contributed by atoms with Gasteiger partial charge in [-0.25, -0.2) is 0 Å². The van der Waals surface area contributed by atoms with Gasteiger partial charge in [0.25, 0.3) is 0 Å². The van der Waals surface area contributed by atoms with Crippen LogP contribution in [-0.2, 0) is 16.1 Å². The number of hydrogen-bond donors (Lipinski definition) is 1. The van der Waals surface area contributed by atoms with Gasteiger partial charge in [-0.1, -0.05) is 23.2 Å². The normalized spacial score (nSPS) is 10.7. The molecule has 0 unspecified atom stereocenters. The fourth-order valence-electron chi connectivity index (χ4n) is 1.50. The summed E-state index contributed by atoms with van der Waals surface area (Å²) in [5.74, 6) is 0.453. The van der Waals surface area contributed by atoms with E-state index in [1.807, 2.05) is 0 Å². The maximum atomic E-state index is 9.22. The van der Waals surface area contributed by atoms with Crippen LogP contribution in [0.1, 0.15) is 12.0 Å². The first kappa shape index (κ1) is 16.5. The molecule has 0 bridgehead atoms. The molecule has 108 valence electrons. The molecular weight excluding hydrogens is 291 g/mol. The van der Waals surface area contributed by atoms with Crippen molar-refractivity contribution in [1.29, 1.82) is 0 Å². The van der Waals surface area contributed by atoms with Crippen LogP contribution in [0.15, 0.2) is 12.1 Å². The fourth-order valence-corrected chi connectivity index (χ4v) is 2.09. The number of aliphatic hydroxyl groups is 1. The molecule has 6 heteroatoms. The molecule has 1 N–H and O–H groups in total. The smallest absolute Gasteiger partial charge is 0.143 e. The van der Waals surface area contributed by atoms with Gasteiger partial charge in [0, 0.05) is 30.9 Å². The number of ether oxygens (including phenoxy) is 3. The molecule has 1 aromatic carbocycles. The van der Waals surface area contributed by atoms with Crippen molar-refractivity contribution in [3.05, 3.63) is 27.7 Å². The van der Waals surface area contributed by atoms with Gasteiger partial charge >= 0.3 is 0 Å². The SMILES string of the molecule is COCCCOCCOc1c(Cl)cc(Cl)cc1CO. The number of hydrogen-bond acceptors (Lipinski definition) is 4. The molecule has 0 aliphatic rings. The van der Waals surface area contributed by atoms with E-state index in [0.29, 0.717) is 47.8 Å². The minimum atomic E-state index is -0.176. The minimum Gasteiger partial charge on any atom is -0.489 e. The minimum absolute atomic E-state index is 0.176. The van der Waals surface area contributed by atoms with Crippen molar-refractivity contribution in [2.24, 2.45) is 0 Å². The van der Waals surface area contributed by atoms with Crippen LogP contribution in [-0.4, -0.2) is 38.6 Å². The van der Waals surface area contributed by atoms with Crippen LogP contribution in [0.5, 0.6) is 5.75 Å². The van der Waals surface area contributed by atoms with Crippen molar-refractivity contribution in [3.8, 4) is 5.75 Å². The van der Waals surface area contributed by atoms with E-state index in [9.17, 15) is 5.11 Å². The quantitative estimate of drug-likeness (QED) is 0.713. The topological polar surface area (TPSA) is 47.9 Å². The molecule has 0 saturated carbocycles. The van der Waals surface area contributed by atoms with E-state index in [1.54, 1.807) is 19.2 Å². The molecule has 1 aromatic rings. The second kappa shape index (κ2) is 9.39. The zero-order valence-corrected chi connectivity index (χ0v) is 12.3. The van der Waals surface area contributed by atoms with Crippen LogP contribution < -0.4 is 4.74 Å². The second-order valence-corrected chi connectivity index (χ2v) is 4.68. The zero-order valence-electron chi connectivity index (χ0n) is 10.8. The van der Waals surface area contributed by atoms with E-state index >= 15 is 0 Å². The molecular formula is C13H18Cl2O4. The number of aliphatic hydroxyl groups excluding tert-OH is 1. The Labute approximate surface area is 123 Å². The number of rotatable bonds is 9. The summed E-state index contributed by atoms with van der Waals surface area (Å²) in [7, 11) is 1.65.